The maximum atomic E-state index is 15.1. The van der Waals surface area contributed by atoms with Crippen LogP contribution in [0, 0.1) is 17.6 Å². The molecular formula is C20H23F2N5O3S. The minimum Gasteiger partial charge on any atom is -0.367 e. The molecule has 11 heteroatoms. The number of carbonyl (C=O) groups excluding carboxylic acids is 1. The Morgan fingerprint density at radius 1 is 1.16 bits per heavy atom. The summed E-state index contributed by atoms with van der Waals surface area (Å²) in [5.41, 5.74) is -1.10. The monoisotopic (exact) mass is 451 g/mol. The minimum atomic E-state index is -3.88. The Labute approximate surface area is 178 Å². The Morgan fingerprint density at radius 2 is 1.87 bits per heavy atom. The van der Waals surface area contributed by atoms with Gasteiger partial charge in [0.15, 0.2) is 5.82 Å². The van der Waals surface area contributed by atoms with E-state index in [4.69, 9.17) is 0 Å². The summed E-state index contributed by atoms with van der Waals surface area (Å²) in [6, 6.07) is 1.77. The van der Waals surface area contributed by atoms with Crippen molar-refractivity contribution in [2.24, 2.45) is 5.92 Å². The first kappa shape index (κ1) is 22.6. The molecule has 8 nitrogen and oxygen atoms in total. The minimum absolute atomic E-state index is 0.0249. The van der Waals surface area contributed by atoms with Crippen molar-refractivity contribution < 1.29 is 22.0 Å². The number of sulfonamides is 1. The van der Waals surface area contributed by atoms with E-state index in [9.17, 15) is 17.6 Å². The number of anilines is 2. The molecule has 3 N–H and O–H groups in total. The van der Waals surface area contributed by atoms with Crippen molar-refractivity contribution in [3.05, 3.63) is 47.4 Å². The van der Waals surface area contributed by atoms with E-state index in [1.54, 1.807) is 13.8 Å². The highest BCUT2D eigenvalue weighted by atomic mass is 32.2. The van der Waals surface area contributed by atoms with Crippen LogP contribution in [0.15, 0.2) is 24.7 Å². The zero-order valence-electron chi connectivity index (χ0n) is 17.5. The number of halogens is 2. The third-order valence-electron chi connectivity index (χ3n) is 4.28. The standard InChI is InChI=1S/C20H23F2N5O3S/c1-10(2)8-31(29,30)27-14-6-5-13(21)16(17(14)22)18(28)12-7-23-19-15(12)20(25-9-24-19)26-11(3)4/h5-7,9-11,27H,8H2,1-4H3,(H2,23,24,25,26). The molecule has 31 heavy (non-hydrogen) atoms. The number of hydrogen-bond acceptors (Lipinski definition) is 6. The number of hydrogen-bond donors (Lipinski definition) is 3. The number of rotatable bonds is 8. The van der Waals surface area contributed by atoms with Gasteiger partial charge in [0.1, 0.15) is 23.6 Å². The van der Waals surface area contributed by atoms with E-state index in [-0.39, 0.29) is 28.7 Å². The topological polar surface area (TPSA) is 117 Å². The van der Waals surface area contributed by atoms with Gasteiger partial charge in [0.25, 0.3) is 0 Å². The molecule has 0 unspecified atom stereocenters. The number of nitrogens with zero attached hydrogens (tertiary/aromatic N) is 2. The van der Waals surface area contributed by atoms with E-state index in [0.29, 0.717) is 11.5 Å². The van der Waals surface area contributed by atoms with Gasteiger partial charge >= 0.3 is 0 Å². The Balaban J connectivity index is 2.09. The first-order valence-corrected chi connectivity index (χ1v) is 11.3. The highest BCUT2D eigenvalue weighted by molar-refractivity contribution is 7.92. The van der Waals surface area contributed by atoms with Crippen LogP contribution in [-0.4, -0.2) is 40.9 Å². The summed E-state index contributed by atoms with van der Waals surface area (Å²) in [6.45, 7) is 7.12. The number of ketones is 1. The summed E-state index contributed by atoms with van der Waals surface area (Å²) in [6.07, 6.45) is 2.59. The van der Waals surface area contributed by atoms with E-state index < -0.39 is 38.7 Å². The number of H-pyrrole nitrogens is 1. The van der Waals surface area contributed by atoms with Crippen LogP contribution in [-0.2, 0) is 10.0 Å². The molecule has 1 aromatic carbocycles. The van der Waals surface area contributed by atoms with Gasteiger partial charge < -0.3 is 10.3 Å². The van der Waals surface area contributed by atoms with Crippen molar-refractivity contribution in [2.75, 3.05) is 15.8 Å². The van der Waals surface area contributed by atoms with Gasteiger partial charge in [0, 0.05) is 12.2 Å². The van der Waals surface area contributed by atoms with E-state index >= 15 is 4.39 Å². The molecule has 0 saturated carbocycles. The quantitative estimate of drug-likeness (QED) is 0.450. The normalized spacial score (nSPS) is 12.0. The molecule has 0 aliphatic heterocycles. The van der Waals surface area contributed by atoms with Crippen molar-refractivity contribution in [3.8, 4) is 0 Å². The number of aromatic nitrogens is 3. The molecule has 3 rings (SSSR count). The largest absolute Gasteiger partial charge is 0.367 e. The molecule has 0 radical (unpaired) electrons. The van der Waals surface area contributed by atoms with Gasteiger partial charge in [-0.25, -0.2) is 27.2 Å². The first-order valence-electron chi connectivity index (χ1n) is 9.62. The van der Waals surface area contributed by atoms with Gasteiger partial charge in [-0.2, -0.15) is 0 Å². The molecular weight excluding hydrogens is 428 g/mol. The smallest absolute Gasteiger partial charge is 0.233 e. The highest BCUT2D eigenvalue weighted by Gasteiger charge is 2.27. The van der Waals surface area contributed by atoms with Gasteiger partial charge in [-0.15, -0.1) is 0 Å². The Hall–Kier alpha value is -3.08. The van der Waals surface area contributed by atoms with Crippen molar-refractivity contribution in [1.82, 2.24) is 15.0 Å². The van der Waals surface area contributed by atoms with E-state index in [2.05, 4.69) is 25.0 Å². The van der Waals surface area contributed by atoms with Crippen LogP contribution in [0.1, 0.15) is 43.6 Å². The molecule has 0 bridgehead atoms. The number of aromatic amines is 1. The van der Waals surface area contributed by atoms with Crippen LogP contribution in [0.4, 0.5) is 20.3 Å². The molecule has 3 aromatic rings. The van der Waals surface area contributed by atoms with Gasteiger partial charge in [-0.3, -0.25) is 9.52 Å². The molecule has 0 saturated heterocycles. The lowest BCUT2D eigenvalue weighted by Gasteiger charge is -2.13. The molecule has 2 aromatic heterocycles. The number of benzene rings is 1. The van der Waals surface area contributed by atoms with E-state index in [1.165, 1.54) is 12.5 Å². The van der Waals surface area contributed by atoms with Gasteiger partial charge in [0.05, 0.1) is 28.0 Å². The second-order valence-electron chi connectivity index (χ2n) is 7.84. The second-order valence-corrected chi connectivity index (χ2v) is 9.60. The second kappa shape index (κ2) is 8.58. The van der Waals surface area contributed by atoms with Crippen LogP contribution >= 0.6 is 0 Å². The number of fused-ring (bicyclic) bond motifs is 1. The van der Waals surface area contributed by atoms with Crippen LogP contribution in [0.3, 0.4) is 0 Å². The summed E-state index contributed by atoms with van der Waals surface area (Å²) < 4.78 is 56.1. The van der Waals surface area contributed by atoms with E-state index in [0.717, 1.165) is 12.1 Å². The molecule has 0 aliphatic carbocycles. The Kier molecular flexibility index (Phi) is 6.25. The predicted molar refractivity (Wildman–Crippen MR) is 115 cm³/mol. The van der Waals surface area contributed by atoms with Crippen LogP contribution in [0.2, 0.25) is 0 Å². The Bertz CT molecular complexity index is 1240. The average molecular weight is 451 g/mol. The predicted octanol–water partition coefficient (Wildman–Crippen LogP) is 3.69. The molecule has 0 fully saturated rings. The third-order valence-corrected chi connectivity index (χ3v) is 5.91. The average Bonchev–Trinajstić information content (AvgIpc) is 3.08. The zero-order chi connectivity index (χ0) is 22.9. The van der Waals surface area contributed by atoms with Crippen molar-refractivity contribution in [1.29, 1.82) is 0 Å². The fourth-order valence-corrected chi connectivity index (χ4v) is 4.60. The summed E-state index contributed by atoms with van der Waals surface area (Å²) >= 11 is 0. The van der Waals surface area contributed by atoms with Gasteiger partial charge in [-0.1, -0.05) is 13.8 Å². The van der Waals surface area contributed by atoms with Crippen LogP contribution in [0.25, 0.3) is 11.0 Å². The molecule has 0 amide bonds. The van der Waals surface area contributed by atoms with Gasteiger partial charge in [0.2, 0.25) is 15.8 Å². The third kappa shape index (κ3) is 4.82. The molecule has 0 atom stereocenters. The summed E-state index contributed by atoms with van der Waals surface area (Å²) in [4.78, 5) is 24.1. The highest BCUT2D eigenvalue weighted by Crippen LogP contribution is 2.30. The molecule has 0 aliphatic rings. The summed E-state index contributed by atoms with van der Waals surface area (Å²) in [5.74, 6) is -3.50. The summed E-state index contributed by atoms with van der Waals surface area (Å²) in [7, 11) is -3.88. The number of nitrogens with one attached hydrogen (secondary N) is 3. The SMILES string of the molecule is CC(C)CS(=O)(=O)Nc1ccc(F)c(C(=O)c2c[nH]c3ncnc(NC(C)C)c23)c1F. The van der Waals surface area contributed by atoms with Crippen molar-refractivity contribution in [2.45, 2.75) is 33.7 Å². The molecule has 2 heterocycles. The van der Waals surface area contributed by atoms with Crippen LogP contribution in [0.5, 0.6) is 0 Å². The lowest BCUT2D eigenvalue weighted by Crippen LogP contribution is -2.21. The maximum absolute atomic E-state index is 15.1. The van der Waals surface area contributed by atoms with Crippen molar-refractivity contribution in [3.63, 3.8) is 0 Å². The number of carbonyl (C=O) groups is 1. The van der Waals surface area contributed by atoms with Crippen LogP contribution < -0.4 is 10.0 Å². The lowest BCUT2D eigenvalue weighted by molar-refractivity contribution is 0.103. The fourth-order valence-electron chi connectivity index (χ4n) is 3.15. The first-order chi connectivity index (χ1) is 14.5. The fraction of sp³-hybridized carbons (Fsp3) is 0.350. The maximum Gasteiger partial charge on any atom is 0.233 e. The summed E-state index contributed by atoms with van der Waals surface area (Å²) in [5, 5.41) is 3.35. The Morgan fingerprint density at radius 3 is 2.52 bits per heavy atom. The zero-order valence-corrected chi connectivity index (χ0v) is 18.3. The van der Waals surface area contributed by atoms with Gasteiger partial charge in [-0.05, 0) is 31.9 Å². The lowest BCUT2D eigenvalue weighted by atomic mass is 10.0. The molecule has 166 valence electrons. The molecule has 0 spiro atoms. The van der Waals surface area contributed by atoms with E-state index in [1.807, 2.05) is 13.8 Å². The van der Waals surface area contributed by atoms with Crippen molar-refractivity contribution >= 4 is 38.3 Å².